The topological polar surface area (TPSA) is 72.2 Å². The quantitative estimate of drug-likeness (QED) is 0.824. The molecule has 0 amide bonds. The van der Waals surface area contributed by atoms with Gasteiger partial charge >= 0.3 is 0 Å². The summed E-state index contributed by atoms with van der Waals surface area (Å²) in [5.74, 6) is 0.603. The minimum Gasteiger partial charge on any atom is -0.399 e. The first-order valence-electron chi connectivity index (χ1n) is 6.27. The number of nitrogen functional groups attached to an aromatic ring is 1. The lowest BCUT2D eigenvalue weighted by Gasteiger charge is -2.13. The third kappa shape index (κ3) is 2.84. The first-order chi connectivity index (χ1) is 8.38. The Morgan fingerprint density at radius 2 is 2.06 bits per heavy atom. The molecule has 4 nitrogen and oxygen atoms in total. The van der Waals surface area contributed by atoms with E-state index in [-0.39, 0.29) is 6.04 Å². The average Bonchev–Trinajstić information content (AvgIpc) is 2.67. The molecule has 1 aliphatic carbocycles. The van der Waals surface area contributed by atoms with Crippen molar-refractivity contribution >= 4 is 15.7 Å². The van der Waals surface area contributed by atoms with E-state index in [1.807, 2.05) is 6.92 Å². The standard InChI is InChI=1S/C13H20N2O2S/c1-9-3-4-11(7-9)15-18(16,17)12-5-6-13(14)10(2)8-12/h5-6,8-9,11,15H,3-4,7,14H2,1-2H3. The number of benzene rings is 1. The zero-order chi connectivity index (χ0) is 13.3. The molecule has 2 rings (SSSR count). The van der Waals surface area contributed by atoms with Crippen LogP contribution in [0.2, 0.25) is 0 Å². The minimum atomic E-state index is -3.41. The van der Waals surface area contributed by atoms with Crippen LogP contribution in [0.3, 0.4) is 0 Å². The Morgan fingerprint density at radius 1 is 1.33 bits per heavy atom. The van der Waals surface area contributed by atoms with Crippen LogP contribution < -0.4 is 10.5 Å². The molecule has 0 radical (unpaired) electrons. The highest BCUT2D eigenvalue weighted by Crippen LogP contribution is 2.26. The minimum absolute atomic E-state index is 0.0721. The molecule has 18 heavy (non-hydrogen) atoms. The van der Waals surface area contributed by atoms with Gasteiger partial charge in [-0.15, -0.1) is 0 Å². The Balaban J connectivity index is 2.17. The van der Waals surface area contributed by atoms with E-state index in [0.717, 1.165) is 24.8 Å². The van der Waals surface area contributed by atoms with Gasteiger partial charge in [-0.25, -0.2) is 13.1 Å². The van der Waals surface area contributed by atoms with E-state index in [2.05, 4.69) is 11.6 Å². The second-order valence-corrected chi connectivity index (χ2v) is 6.97. The van der Waals surface area contributed by atoms with Gasteiger partial charge in [0.25, 0.3) is 0 Å². The highest BCUT2D eigenvalue weighted by Gasteiger charge is 2.26. The van der Waals surface area contributed by atoms with Gasteiger partial charge in [0.05, 0.1) is 4.90 Å². The summed E-state index contributed by atoms with van der Waals surface area (Å²) in [7, 11) is -3.41. The number of sulfonamides is 1. The molecule has 0 heterocycles. The van der Waals surface area contributed by atoms with Crippen molar-refractivity contribution in [3.63, 3.8) is 0 Å². The molecule has 5 heteroatoms. The fourth-order valence-electron chi connectivity index (χ4n) is 2.42. The van der Waals surface area contributed by atoms with E-state index in [1.165, 1.54) is 0 Å². The SMILES string of the molecule is Cc1cc(S(=O)(=O)NC2CCC(C)C2)ccc1N. The lowest BCUT2D eigenvalue weighted by Crippen LogP contribution is -2.33. The summed E-state index contributed by atoms with van der Waals surface area (Å²) in [6.07, 6.45) is 2.94. The van der Waals surface area contributed by atoms with Gasteiger partial charge in [-0.2, -0.15) is 0 Å². The first kappa shape index (κ1) is 13.4. The van der Waals surface area contributed by atoms with Crippen LogP contribution in [0.4, 0.5) is 5.69 Å². The average molecular weight is 268 g/mol. The molecule has 1 aromatic carbocycles. The third-order valence-corrected chi connectivity index (χ3v) is 5.09. The molecule has 0 bridgehead atoms. The van der Waals surface area contributed by atoms with E-state index in [0.29, 0.717) is 16.5 Å². The van der Waals surface area contributed by atoms with E-state index < -0.39 is 10.0 Å². The molecule has 0 aliphatic heterocycles. The number of nitrogens with one attached hydrogen (secondary N) is 1. The van der Waals surface area contributed by atoms with Crippen molar-refractivity contribution in [2.45, 2.75) is 44.0 Å². The molecular formula is C13H20N2O2S. The van der Waals surface area contributed by atoms with E-state index in [9.17, 15) is 8.42 Å². The zero-order valence-electron chi connectivity index (χ0n) is 10.8. The summed E-state index contributed by atoms with van der Waals surface area (Å²) in [4.78, 5) is 0.300. The fraction of sp³-hybridized carbons (Fsp3) is 0.538. The van der Waals surface area contributed by atoms with Crippen LogP contribution in [-0.4, -0.2) is 14.5 Å². The van der Waals surface area contributed by atoms with Gasteiger partial charge in [-0.1, -0.05) is 6.92 Å². The predicted octanol–water partition coefficient (Wildman–Crippen LogP) is 2.04. The van der Waals surface area contributed by atoms with Crippen molar-refractivity contribution in [3.8, 4) is 0 Å². The first-order valence-corrected chi connectivity index (χ1v) is 7.75. The Morgan fingerprint density at radius 3 is 2.61 bits per heavy atom. The predicted molar refractivity (Wildman–Crippen MR) is 72.7 cm³/mol. The van der Waals surface area contributed by atoms with Crippen LogP contribution in [0.25, 0.3) is 0 Å². The smallest absolute Gasteiger partial charge is 0.240 e. The maximum Gasteiger partial charge on any atom is 0.240 e. The van der Waals surface area contributed by atoms with Crippen LogP contribution in [-0.2, 0) is 10.0 Å². The number of hydrogen-bond acceptors (Lipinski definition) is 3. The second-order valence-electron chi connectivity index (χ2n) is 5.25. The lowest BCUT2D eigenvalue weighted by atomic mass is 10.1. The highest BCUT2D eigenvalue weighted by molar-refractivity contribution is 7.89. The maximum atomic E-state index is 12.2. The molecule has 1 aromatic rings. The van der Waals surface area contributed by atoms with Crippen molar-refractivity contribution in [1.82, 2.24) is 4.72 Å². The maximum absolute atomic E-state index is 12.2. The van der Waals surface area contributed by atoms with E-state index >= 15 is 0 Å². The van der Waals surface area contributed by atoms with Gasteiger partial charge in [-0.3, -0.25) is 0 Å². The van der Waals surface area contributed by atoms with Crippen LogP contribution in [0.1, 0.15) is 31.7 Å². The van der Waals surface area contributed by atoms with Crippen molar-refractivity contribution in [2.75, 3.05) is 5.73 Å². The number of rotatable bonds is 3. The molecule has 1 fully saturated rings. The molecule has 3 N–H and O–H groups in total. The molecule has 2 atom stereocenters. The molecule has 100 valence electrons. The van der Waals surface area contributed by atoms with Gasteiger partial charge in [0, 0.05) is 11.7 Å². The van der Waals surface area contributed by atoms with Gasteiger partial charge in [0.1, 0.15) is 0 Å². The molecule has 0 aromatic heterocycles. The number of anilines is 1. The number of hydrogen-bond donors (Lipinski definition) is 2. The van der Waals surface area contributed by atoms with Crippen molar-refractivity contribution in [1.29, 1.82) is 0 Å². The van der Waals surface area contributed by atoms with E-state index in [4.69, 9.17) is 5.73 Å². The van der Waals surface area contributed by atoms with Crippen LogP contribution >= 0.6 is 0 Å². The highest BCUT2D eigenvalue weighted by atomic mass is 32.2. The van der Waals surface area contributed by atoms with Gasteiger partial charge in [-0.05, 0) is 55.9 Å². The summed E-state index contributed by atoms with van der Waals surface area (Å²) in [6, 6.07) is 4.89. The molecular weight excluding hydrogens is 248 g/mol. The Hall–Kier alpha value is -1.07. The molecule has 1 aliphatic rings. The van der Waals surface area contributed by atoms with Crippen molar-refractivity contribution in [3.05, 3.63) is 23.8 Å². The van der Waals surface area contributed by atoms with Gasteiger partial charge < -0.3 is 5.73 Å². The fourth-order valence-corrected chi connectivity index (χ4v) is 3.79. The Bertz CT molecular complexity index is 540. The van der Waals surface area contributed by atoms with Crippen LogP contribution in [0.15, 0.2) is 23.1 Å². The largest absolute Gasteiger partial charge is 0.399 e. The van der Waals surface area contributed by atoms with Crippen LogP contribution in [0.5, 0.6) is 0 Å². The molecule has 0 saturated heterocycles. The molecule has 0 spiro atoms. The zero-order valence-corrected chi connectivity index (χ0v) is 11.6. The summed E-state index contributed by atoms with van der Waals surface area (Å²) < 4.78 is 27.2. The summed E-state index contributed by atoms with van der Waals surface area (Å²) in [6.45, 7) is 3.97. The van der Waals surface area contributed by atoms with Gasteiger partial charge in [0.2, 0.25) is 10.0 Å². The monoisotopic (exact) mass is 268 g/mol. The summed E-state index contributed by atoms with van der Waals surface area (Å²) in [5.41, 5.74) is 7.10. The number of nitrogens with two attached hydrogens (primary N) is 1. The van der Waals surface area contributed by atoms with Crippen LogP contribution in [0, 0.1) is 12.8 Å². The third-order valence-electron chi connectivity index (χ3n) is 3.57. The Kier molecular flexibility index (Phi) is 3.64. The summed E-state index contributed by atoms with van der Waals surface area (Å²) in [5, 5.41) is 0. The number of aryl methyl sites for hydroxylation is 1. The van der Waals surface area contributed by atoms with Crippen molar-refractivity contribution < 1.29 is 8.42 Å². The van der Waals surface area contributed by atoms with E-state index in [1.54, 1.807) is 18.2 Å². The van der Waals surface area contributed by atoms with Gasteiger partial charge in [0.15, 0.2) is 0 Å². The summed E-state index contributed by atoms with van der Waals surface area (Å²) >= 11 is 0. The lowest BCUT2D eigenvalue weighted by molar-refractivity contribution is 0.538. The van der Waals surface area contributed by atoms with Crippen molar-refractivity contribution in [2.24, 2.45) is 5.92 Å². The second kappa shape index (κ2) is 4.90. The molecule has 1 saturated carbocycles. The molecule has 2 unspecified atom stereocenters. The normalized spacial score (nSPS) is 24.3. The Labute approximate surface area is 109 Å².